The van der Waals surface area contributed by atoms with Gasteiger partial charge in [0, 0.05) is 86.4 Å². The molecule has 137 heavy (non-hydrogen) atoms. The van der Waals surface area contributed by atoms with Crippen LogP contribution < -0.4 is 4.90 Å². The van der Waals surface area contributed by atoms with E-state index in [1.807, 2.05) is 100 Å². The van der Waals surface area contributed by atoms with Crippen LogP contribution in [0.25, 0.3) is 0 Å². The molecule has 0 radical (unpaired) electrons. The van der Waals surface area contributed by atoms with Gasteiger partial charge in [-0.25, -0.2) is 0 Å². The molecule has 13 rings (SSSR count). The number of rotatable bonds is 30. The number of benzene rings is 2. The molecule has 0 N–H and O–H groups in total. The average Bonchev–Trinajstić information content (AvgIpc) is 1.62. The third-order valence-electron chi connectivity index (χ3n) is 32.7. The van der Waals surface area contributed by atoms with Crippen molar-refractivity contribution >= 4 is 76.9 Å². The lowest BCUT2D eigenvalue weighted by atomic mass is 9.82. The molecule has 7 aliphatic heterocycles. The molecule has 9 fully saturated rings. The summed E-state index contributed by atoms with van der Waals surface area (Å²) < 4.78 is 34.4. The van der Waals surface area contributed by atoms with E-state index in [-0.39, 0.29) is 193 Å². The summed E-state index contributed by atoms with van der Waals surface area (Å²) in [7, 11) is 8.33. The smallest absolute Gasteiger partial charge is 0.306 e. The third kappa shape index (κ3) is 29.5. The summed E-state index contributed by atoms with van der Waals surface area (Å²) in [5.74, 6) is 2.85. The van der Waals surface area contributed by atoms with Gasteiger partial charge in [0.25, 0.3) is 0 Å². The Morgan fingerprint density at radius 3 is 1.03 bits per heavy atom. The maximum Gasteiger partial charge on any atom is 0.306 e. The van der Waals surface area contributed by atoms with E-state index in [2.05, 4.69) is 123 Å². The summed E-state index contributed by atoms with van der Waals surface area (Å²) in [5.41, 5.74) is 5.93. The molecule has 2 aromatic carbocycles. The third-order valence-corrected chi connectivity index (χ3v) is 32.7. The van der Waals surface area contributed by atoms with Gasteiger partial charge in [0.15, 0.2) is 0 Å². The Hall–Kier alpha value is -8.22. The number of esters is 6. The number of anilines is 1. The number of fused-ring (bicyclic) bond motifs is 5. The lowest BCUT2D eigenvalue weighted by Crippen LogP contribution is -2.49. The Bertz CT molecular complexity index is 4200. The first-order chi connectivity index (χ1) is 64.9. The first-order valence-electron chi connectivity index (χ1n) is 52.6. The summed E-state index contributed by atoms with van der Waals surface area (Å²) in [6.07, 6.45) is 22.7. The van der Waals surface area contributed by atoms with Gasteiger partial charge in [-0.2, -0.15) is 0 Å². The van der Waals surface area contributed by atoms with Crippen molar-refractivity contribution in [2.24, 2.45) is 124 Å². The Kier molecular flexibility index (Phi) is 44.6. The van der Waals surface area contributed by atoms with E-state index in [0.717, 1.165) is 108 Å². The molecule has 4 aliphatic carbocycles. The van der Waals surface area contributed by atoms with E-state index < -0.39 is 0 Å². The van der Waals surface area contributed by atoms with Gasteiger partial charge >= 0.3 is 35.8 Å². The second-order valence-corrected chi connectivity index (χ2v) is 44.9. The summed E-state index contributed by atoms with van der Waals surface area (Å²) in [5, 5.41) is 0. The van der Waals surface area contributed by atoms with E-state index in [9.17, 15) is 57.5 Å². The van der Waals surface area contributed by atoms with Crippen molar-refractivity contribution in [1.29, 1.82) is 0 Å². The van der Waals surface area contributed by atoms with Gasteiger partial charge in [-0.1, -0.05) is 212 Å². The topological polar surface area (TPSA) is 289 Å². The maximum absolute atomic E-state index is 13.6. The zero-order valence-corrected chi connectivity index (χ0v) is 88.8. The first kappa shape index (κ1) is 114. The van der Waals surface area contributed by atoms with Crippen LogP contribution in [0.4, 0.5) is 5.69 Å². The Morgan fingerprint density at radius 1 is 0.328 bits per heavy atom. The van der Waals surface area contributed by atoms with Crippen LogP contribution in [0, 0.1) is 124 Å². The highest BCUT2D eigenvalue weighted by molar-refractivity contribution is 5.99. The highest BCUT2D eigenvalue weighted by Gasteiger charge is 2.54. The number of amides is 6. The summed E-state index contributed by atoms with van der Waals surface area (Å²) in [6, 6.07) is 19.3. The monoisotopic (exact) mass is 1910 g/mol. The maximum atomic E-state index is 13.6. The quantitative estimate of drug-likeness (QED) is 0.0399. The standard InChI is InChI=1S/C21H29NO3.C20H33NO4.C19H27NO3.2C18H31NO3.C16H27NO3/c1-14(2)19-9-6-10-22(19)21(24)18(13-20(23)25-3)17-11-15-7-4-5-8-16(15)12-17;1-13(2)18-11-15-5-4-6-17(15)21(18)20(23)16(12-19(22)24-3)14-7-9-25-10-8-14;1-12(2)15(11-18(21)23-5)19(22)20-16-9-7-6-8-14(16)10-17(20)13(3)4;2*1-11(2)14(10-17(20)22-5)18(21)19-15-8-6-7-13(15)9-16(19)12(3)4;1-10(2)13(8-15(18)20-6)16(19)17-9-12(5)7-14(17)11(3)4/h4-5,7-8,14,17-19H,6,9-13H2,1-3H3;13-18H,4-12H2,1-3H3;6-9,12-13,15,17H,10-11H2,1-5H3;2*11-16H,6-10H2,1-5H3;10-11,13-14H,5,7-9H2,1-4,6H3/t18-,19-;15?,16-,17-,18-;15-,17-;2*13?,14-,15-,16-;13-,14-/m000000/s1. The number of hydrogen-bond acceptors (Lipinski definition) is 19. The lowest BCUT2D eigenvalue weighted by molar-refractivity contribution is -0.151. The predicted molar refractivity (Wildman–Crippen MR) is 535 cm³/mol. The van der Waals surface area contributed by atoms with Gasteiger partial charge in [-0.05, 0) is 221 Å². The largest absolute Gasteiger partial charge is 0.469 e. The Balaban J connectivity index is 0.000000202. The fourth-order valence-corrected chi connectivity index (χ4v) is 24.5. The molecule has 6 amide bonds. The van der Waals surface area contributed by atoms with E-state index >= 15 is 0 Å². The zero-order chi connectivity index (χ0) is 101. The SMILES string of the molecule is C=C1C[C@@H](C(C)C)N(C(=O)[C@@H](CC(=O)OC)C(C)C)C1.COC(=O)C[C@H](C(=O)N1CCC[C@H]1C(C)C)C1Cc2ccccc2C1.COC(=O)C[C@H](C(=O)N1[C@H](C(C)C)CC2CCC[C@@H]21)C(C)C.COC(=O)C[C@H](C(=O)N1[C@H](C(C)C)CC2CCC[C@@H]21)C(C)C.COC(=O)C[C@H](C(=O)N1[C@H](C(C)C)CC2CCC[C@@H]21)C1CCOCC1.COC(=O)C[C@H](C(=O)N1c2ccccc2C[C@H]1C(C)C)C(C)C. The van der Waals surface area contributed by atoms with Gasteiger partial charge in [-0.3, -0.25) is 57.5 Å². The van der Waals surface area contributed by atoms with Gasteiger partial charge in [0.2, 0.25) is 35.4 Å². The van der Waals surface area contributed by atoms with Crippen LogP contribution in [-0.4, -0.2) is 219 Å². The number of hydrogen-bond donors (Lipinski definition) is 0. The molecule has 3 saturated carbocycles. The van der Waals surface area contributed by atoms with Crippen molar-refractivity contribution in [3.8, 4) is 0 Å². The predicted octanol–water partition coefficient (Wildman–Crippen LogP) is 18.8. The molecule has 25 nitrogen and oxygen atoms in total. The normalized spacial score (nSPS) is 25.0. The fraction of sp³-hybridized carbons (Fsp3) is 0.768. The van der Waals surface area contributed by atoms with E-state index in [1.165, 1.54) is 97.9 Å². The molecular formula is C112H178N6O19. The van der Waals surface area contributed by atoms with Crippen molar-refractivity contribution in [2.75, 3.05) is 73.9 Å². The fourth-order valence-electron chi connectivity index (χ4n) is 24.5. The minimum Gasteiger partial charge on any atom is -0.469 e. The molecule has 11 aliphatic rings. The van der Waals surface area contributed by atoms with Crippen molar-refractivity contribution in [3.63, 3.8) is 0 Å². The number of carbonyl (C=O) groups is 12. The van der Waals surface area contributed by atoms with Crippen LogP contribution in [0.5, 0.6) is 0 Å². The minimum absolute atomic E-state index is 0.0362. The van der Waals surface area contributed by atoms with Gasteiger partial charge in [0.1, 0.15) is 0 Å². The molecule has 3 unspecified atom stereocenters. The number of carbonyl (C=O) groups excluding carboxylic acids is 12. The van der Waals surface area contributed by atoms with E-state index in [0.29, 0.717) is 115 Å². The van der Waals surface area contributed by atoms with E-state index in [4.69, 9.17) is 33.2 Å². The van der Waals surface area contributed by atoms with E-state index in [1.54, 1.807) is 0 Å². The lowest BCUT2D eigenvalue weighted by Gasteiger charge is -2.38. The number of para-hydroxylation sites is 1. The number of ether oxygens (including phenoxy) is 7. The second kappa shape index (κ2) is 53.6. The molecule has 25 heteroatoms. The second-order valence-electron chi connectivity index (χ2n) is 44.9. The summed E-state index contributed by atoms with van der Waals surface area (Å²) >= 11 is 0. The van der Waals surface area contributed by atoms with Crippen molar-refractivity contribution < 1.29 is 90.7 Å². The van der Waals surface area contributed by atoms with Crippen LogP contribution in [0.15, 0.2) is 60.7 Å². The molecule has 770 valence electrons. The average molecular weight is 1910 g/mol. The zero-order valence-electron chi connectivity index (χ0n) is 88.8. The van der Waals surface area contributed by atoms with Crippen LogP contribution in [0.2, 0.25) is 0 Å². The molecule has 6 saturated heterocycles. The Morgan fingerprint density at radius 2 is 0.664 bits per heavy atom. The number of methoxy groups -OCH3 is 6. The van der Waals surface area contributed by atoms with Crippen LogP contribution >= 0.6 is 0 Å². The molecule has 0 spiro atoms. The minimum atomic E-state index is -0.352. The highest BCUT2D eigenvalue weighted by atomic mass is 16.5. The van der Waals surface area contributed by atoms with Crippen molar-refractivity contribution in [3.05, 3.63) is 77.4 Å². The van der Waals surface area contributed by atoms with Crippen molar-refractivity contribution in [2.45, 2.75) is 360 Å². The molecule has 2 aromatic rings. The molecular weight excluding hydrogens is 1730 g/mol. The summed E-state index contributed by atoms with van der Waals surface area (Å²) in [4.78, 5) is 162. The summed E-state index contributed by atoms with van der Waals surface area (Å²) in [6.45, 7) is 49.0. The first-order valence-corrected chi connectivity index (χ1v) is 52.6. The van der Waals surface area contributed by atoms with Crippen LogP contribution in [-0.2, 0) is 110 Å². The van der Waals surface area contributed by atoms with Crippen molar-refractivity contribution in [1.82, 2.24) is 24.5 Å². The van der Waals surface area contributed by atoms with Crippen LogP contribution in [0.1, 0.15) is 303 Å². The Labute approximate surface area is 823 Å². The number of nitrogens with zero attached hydrogens (tertiary/aromatic N) is 6. The van der Waals surface area contributed by atoms with Gasteiger partial charge in [-0.15, -0.1) is 0 Å². The highest BCUT2D eigenvalue weighted by Crippen LogP contribution is 2.50. The number of likely N-dealkylation sites (tertiary alicyclic amines) is 5. The molecule has 0 bridgehead atoms. The molecule has 0 aromatic heterocycles. The molecule has 18 atom stereocenters. The van der Waals surface area contributed by atoms with Gasteiger partial charge < -0.3 is 62.6 Å². The van der Waals surface area contributed by atoms with Crippen LogP contribution in [0.3, 0.4) is 0 Å². The van der Waals surface area contributed by atoms with Gasteiger partial charge in [0.05, 0.1) is 117 Å². The molecule has 7 heterocycles.